The molecule has 0 atom stereocenters. The molecular weight excluding hydrogens is 184 g/mol. The fourth-order valence-corrected chi connectivity index (χ4v) is 1.09. The van der Waals surface area contributed by atoms with Crippen molar-refractivity contribution in [3.63, 3.8) is 0 Å². The maximum absolute atomic E-state index is 5.52. The highest BCUT2D eigenvalue weighted by molar-refractivity contribution is 6.17. The van der Waals surface area contributed by atoms with Crippen LogP contribution in [0.4, 0.5) is 0 Å². The first kappa shape index (κ1) is 10.1. The lowest BCUT2D eigenvalue weighted by molar-refractivity contribution is 0.835. The molecule has 0 spiro atoms. The maximum Gasteiger partial charge on any atom is 0.120 e. The van der Waals surface area contributed by atoms with Gasteiger partial charge in [0.25, 0.3) is 0 Å². The lowest BCUT2D eigenvalue weighted by Gasteiger charge is -1.93. The Morgan fingerprint density at radius 2 is 2.38 bits per heavy atom. The van der Waals surface area contributed by atoms with Gasteiger partial charge in [0.2, 0.25) is 0 Å². The van der Waals surface area contributed by atoms with Gasteiger partial charge in [-0.2, -0.15) is 0 Å². The van der Waals surface area contributed by atoms with Crippen molar-refractivity contribution >= 4 is 11.6 Å². The number of hydrogen-bond donors (Lipinski definition) is 0. The molecule has 3 heteroatoms. The first-order valence-corrected chi connectivity index (χ1v) is 4.86. The van der Waals surface area contributed by atoms with E-state index in [1.807, 2.05) is 17.8 Å². The van der Waals surface area contributed by atoms with Crippen molar-refractivity contribution in [2.75, 3.05) is 5.88 Å². The van der Waals surface area contributed by atoms with Gasteiger partial charge in [-0.05, 0) is 6.42 Å². The summed E-state index contributed by atoms with van der Waals surface area (Å²) >= 11 is 5.52. The molecule has 0 bridgehead atoms. The zero-order valence-corrected chi connectivity index (χ0v) is 8.51. The number of imidazole rings is 1. The molecule has 0 aromatic carbocycles. The Kier molecular flexibility index (Phi) is 4.42. The van der Waals surface area contributed by atoms with Crippen LogP contribution in [0.3, 0.4) is 0 Å². The van der Waals surface area contributed by atoms with E-state index < -0.39 is 0 Å². The second-order valence-corrected chi connectivity index (χ2v) is 3.16. The average Bonchev–Trinajstić information content (AvgIpc) is 2.52. The first-order valence-electron chi connectivity index (χ1n) is 4.32. The number of hydrogen-bond acceptors (Lipinski definition) is 1. The highest BCUT2D eigenvalue weighted by atomic mass is 35.5. The standard InChI is InChI=1S/C10H13ClN2/c1-13-9-8-12-10(13)6-4-2-3-5-7-11/h8-9H,3,5-7H2,1H3. The highest BCUT2D eigenvalue weighted by Gasteiger charge is 1.93. The molecule has 13 heavy (non-hydrogen) atoms. The number of rotatable bonds is 3. The number of nitrogens with zero attached hydrogens (tertiary/aromatic N) is 2. The van der Waals surface area contributed by atoms with Crippen molar-refractivity contribution in [3.05, 3.63) is 18.2 Å². The van der Waals surface area contributed by atoms with Crippen LogP contribution in [0.2, 0.25) is 0 Å². The van der Waals surface area contributed by atoms with E-state index in [0.29, 0.717) is 5.88 Å². The predicted molar refractivity (Wildman–Crippen MR) is 54.6 cm³/mol. The molecule has 0 saturated carbocycles. The lowest BCUT2D eigenvalue weighted by atomic mass is 10.3. The molecular formula is C10H13ClN2. The third-order valence-corrected chi connectivity index (χ3v) is 2.00. The van der Waals surface area contributed by atoms with E-state index >= 15 is 0 Å². The van der Waals surface area contributed by atoms with Gasteiger partial charge in [0, 0.05) is 31.7 Å². The summed E-state index contributed by atoms with van der Waals surface area (Å²) in [6, 6.07) is 0. The van der Waals surface area contributed by atoms with Crippen LogP contribution in [0, 0.1) is 11.8 Å². The van der Waals surface area contributed by atoms with E-state index in [1.54, 1.807) is 6.20 Å². The second kappa shape index (κ2) is 5.66. The predicted octanol–water partition coefficient (Wildman–Crippen LogP) is 1.98. The van der Waals surface area contributed by atoms with Crippen molar-refractivity contribution in [1.29, 1.82) is 0 Å². The third kappa shape index (κ3) is 3.52. The zero-order valence-electron chi connectivity index (χ0n) is 7.76. The number of alkyl halides is 1. The maximum atomic E-state index is 5.52. The molecule has 70 valence electrons. The second-order valence-electron chi connectivity index (χ2n) is 2.78. The van der Waals surface area contributed by atoms with Gasteiger partial charge in [0.15, 0.2) is 0 Å². The molecule has 1 aromatic rings. The van der Waals surface area contributed by atoms with Crippen molar-refractivity contribution in [2.24, 2.45) is 7.05 Å². The Morgan fingerprint density at radius 3 is 3.00 bits per heavy atom. The fourth-order valence-electron chi connectivity index (χ4n) is 0.952. The van der Waals surface area contributed by atoms with Gasteiger partial charge in [-0.25, -0.2) is 4.98 Å². The molecule has 1 heterocycles. The molecule has 0 amide bonds. The summed E-state index contributed by atoms with van der Waals surface area (Å²) in [7, 11) is 1.97. The summed E-state index contributed by atoms with van der Waals surface area (Å²) in [5, 5.41) is 0. The molecule has 0 unspecified atom stereocenters. The van der Waals surface area contributed by atoms with Crippen LogP contribution in [-0.4, -0.2) is 15.4 Å². The molecule has 0 aliphatic rings. The van der Waals surface area contributed by atoms with E-state index in [9.17, 15) is 0 Å². The van der Waals surface area contributed by atoms with Crippen molar-refractivity contribution in [3.8, 4) is 11.8 Å². The zero-order chi connectivity index (χ0) is 9.52. The van der Waals surface area contributed by atoms with Gasteiger partial charge in [-0.1, -0.05) is 5.92 Å². The average molecular weight is 197 g/mol. The van der Waals surface area contributed by atoms with Gasteiger partial charge >= 0.3 is 0 Å². The van der Waals surface area contributed by atoms with E-state index in [-0.39, 0.29) is 0 Å². The molecule has 2 nitrogen and oxygen atoms in total. The Balaban J connectivity index is 2.33. The third-order valence-electron chi connectivity index (χ3n) is 1.73. The van der Waals surface area contributed by atoms with E-state index in [1.165, 1.54) is 0 Å². The largest absolute Gasteiger partial charge is 0.337 e. The van der Waals surface area contributed by atoms with E-state index in [4.69, 9.17) is 11.6 Å². The van der Waals surface area contributed by atoms with Gasteiger partial charge in [-0.3, -0.25) is 0 Å². The fraction of sp³-hybridized carbons (Fsp3) is 0.500. The molecule has 0 N–H and O–H groups in total. The van der Waals surface area contributed by atoms with E-state index in [2.05, 4.69) is 16.8 Å². The molecule has 0 radical (unpaired) electrons. The van der Waals surface area contributed by atoms with Crippen LogP contribution in [0.15, 0.2) is 12.4 Å². The molecule has 0 aliphatic heterocycles. The van der Waals surface area contributed by atoms with E-state index in [0.717, 1.165) is 25.1 Å². The van der Waals surface area contributed by atoms with Crippen LogP contribution in [-0.2, 0) is 13.5 Å². The summed E-state index contributed by atoms with van der Waals surface area (Å²) in [5.41, 5.74) is 0. The molecule has 1 rings (SSSR count). The number of aromatic nitrogens is 2. The smallest absolute Gasteiger partial charge is 0.120 e. The lowest BCUT2D eigenvalue weighted by Crippen LogP contribution is -1.94. The molecule has 0 aliphatic carbocycles. The van der Waals surface area contributed by atoms with Gasteiger partial charge in [-0.15, -0.1) is 17.5 Å². The first-order chi connectivity index (χ1) is 6.34. The van der Waals surface area contributed by atoms with Crippen molar-refractivity contribution in [2.45, 2.75) is 19.3 Å². The summed E-state index contributed by atoms with van der Waals surface area (Å²) < 4.78 is 1.98. The van der Waals surface area contributed by atoms with Crippen LogP contribution in [0.1, 0.15) is 18.7 Å². The Labute approximate surface area is 83.9 Å². The van der Waals surface area contributed by atoms with Crippen LogP contribution < -0.4 is 0 Å². The van der Waals surface area contributed by atoms with Crippen molar-refractivity contribution in [1.82, 2.24) is 9.55 Å². The van der Waals surface area contributed by atoms with Gasteiger partial charge in [0.05, 0.1) is 6.42 Å². The Morgan fingerprint density at radius 1 is 1.54 bits per heavy atom. The van der Waals surface area contributed by atoms with Gasteiger partial charge < -0.3 is 4.57 Å². The molecule has 0 saturated heterocycles. The number of aryl methyl sites for hydroxylation is 1. The topological polar surface area (TPSA) is 17.8 Å². The minimum absolute atomic E-state index is 0.692. The summed E-state index contributed by atoms with van der Waals surface area (Å²) in [6.45, 7) is 0. The molecule has 0 fully saturated rings. The Hall–Kier alpha value is -0.940. The molecule has 1 aromatic heterocycles. The van der Waals surface area contributed by atoms with Crippen LogP contribution in [0.5, 0.6) is 0 Å². The number of unbranched alkanes of at least 4 members (excludes halogenated alkanes) is 1. The van der Waals surface area contributed by atoms with Gasteiger partial charge in [0.1, 0.15) is 5.82 Å². The normalized spacial score (nSPS) is 9.38. The minimum atomic E-state index is 0.692. The number of halogens is 1. The SMILES string of the molecule is Cn1ccnc1CC#CCCCCl. The minimum Gasteiger partial charge on any atom is -0.337 e. The monoisotopic (exact) mass is 196 g/mol. The Bertz CT molecular complexity index is 306. The summed E-state index contributed by atoms with van der Waals surface area (Å²) in [5.74, 6) is 7.84. The quantitative estimate of drug-likeness (QED) is 0.411. The summed E-state index contributed by atoms with van der Waals surface area (Å²) in [4.78, 5) is 4.17. The summed E-state index contributed by atoms with van der Waals surface area (Å²) in [6.07, 6.45) is 6.29. The van der Waals surface area contributed by atoms with Crippen LogP contribution >= 0.6 is 11.6 Å². The van der Waals surface area contributed by atoms with Crippen molar-refractivity contribution < 1.29 is 0 Å². The van der Waals surface area contributed by atoms with Crippen LogP contribution in [0.25, 0.3) is 0 Å². The highest BCUT2D eigenvalue weighted by Crippen LogP contribution is 1.94.